The normalized spacial score (nSPS) is 13.1. The zero-order valence-electron chi connectivity index (χ0n) is 19.0. The van der Waals surface area contributed by atoms with Gasteiger partial charge in [0.25, 0.3) is 0 Å². The number of fused-ring (bicyclic) bond motifs is 1. The average molecular weight is 491 g/mol. The van der Waals surface area contributed by atoms with Crippen LogP contribution in [0, 0.1) is 6.92 Å². The van der Waals surface area contributed by atoms with E-state index < -0.39 is 0 Å². The van der Waals surface area contributed by atoms with Crippen LogP contribution in [0.4, 0.5) is 17.2 Å². The smallest absolute Gasteiger partial charge is 0.161 e. The minimum atomic E-state index is 0.532. The fourth-order valence-electron chi connectivity index (χ4n) is 4.13. The van der Waals surface area contributed by atoms with Crippen molar-refractivity contribution in [3.05, 3.63) is 94.1 Å². The molecule has 5 rings (SSSR count). The van der Waals surface area contributed by atoms with Crippen molar-refractivity contribution in [1.82, 2.24) is 9.97 Å². The van der Waals surface area contributed by atoms with E-state index in [0.717, 1.165) is 45.6 Å². The minimum Gasteiger partial charge on any atom is -0.494 e. The molecule has 4 aromatic rings. The molecule has 0 bridgehead atoms. The van der Waals surface area contributed by atoms with E-state index in [-0.39, 0.29) is 0 Å². The third-order valence-electron chi connectivity index (χ3n) is 5.87. The maximum atomic E-state index is 6.34. The maximum absolute atomic E-state index is 6.34. The molecule has 1 aliphatic heterocycles. The molecule has 1 aromatic heterocycles. The van der Waals surface area contributed by atoms with Crippen LogP contribution in [0.5, 0.6) is 5.75 Å². The van der Waals surface area contributed by atoms with Crippen LogP contribution in [-0.2, 0) is 6.54 Å². The van der Waals surface area contributed by atoms with Gasteiger partial charge in [-0.05, 0) is 56.3 Å². The van der Waals surface area contributed by atoms with Gasteiger partial charge in [0.2, 0.25) is 0 Å². The van der Waals surface area contributed by atoms with Gasteiger partial charge in [-0.25, -0.2) is 9.97 Å². The Morgan fingerprint density at radius 1 is 0.882 bits per heavy atom. The first-order chi connectivity index (χ1) is 16.5. The van der Waals surface area contributed by atoms with E-state index in [9.17, 15) is 0 Å². The summed E-state index contributed by atoms with van der Waals surface area (Å²) in [7, 11) is 0. The van der Waals surface area contributed by atoms with E-state index in [1.54, 1.807) is 0 Å². The van der Waals surface area contributed by atoms with Crippen molar-refractivity contribution < 1.29 is 4.74 Å². The Morgan fingerprint density at radius 3 is 2.32 bits per heavy atom. The summed E-state index contributed by atoms with van der Waals surface area (Å²) in [6.45, 7) is 5.92. The zero-order valence-corrected chi connectivity index (χ0v) is 20.5. The SMILES string of the molecule is CCOc1ccc(N2CN(c3ccc(Cl)c(Cl)c3)Cc3c(C)nc(-c4ccccc4)nc32)cc1. The molecule has 0 amide bonds. The molecule has 5 nitrogen and oxygen atoms in total. The Labute approximate surface area is 209 Å². The molecule has 0 aliphatic carbocycles. The highest BCUT2D eigenvalue weighted by Gasteiger charge is 2.28. The van der Waals surface area contributed by atoms with Crippen LogP contribution >= 0.6 is 23.2 Å². The van der Waals surface area contributed by atoms with Gasteiger partial charge in [0.05, 0.1) is 29.9 Å². The maximum Gasteiger partial charge on any atom is 0.161 e. The second-order valence-corrected chi connectivity index (χ2v) is 8.91. The number of hydrogen-bond acceptors (Lipinski definition) is 5. The lowest BCUT2D eigenvalue weighted by atomic mass is 10.1. The van der Waals surface area contributed by atoms with Crippen LogP contribution < -0.4 is 14.5 Å². The fourth-order valence-corrected chi connectivity index (χ4v) is 4.42. The quantitative estimate of drug-likeness (QED) is 0.294. The predicted molar refractivity (Wildman–Crippen MR) is 139 cm³/mol. The Bertz CT molecular complexity index is 1310. The molecule has 0 spiro atoms. The lowest BCUT2D eigenvalue weighted by Crippen LogP contribution is -2.41. The topological polar surface area (TPSA) is 41.5 Å². The van der Waals surface area contributed by atoms with E-state index in [4.69, 9.17) is 37.9 Å². The van der Waals surface area contributed by atoms with Crippen molar-refractivity contribution >= 4 is 40.4 Å². The van der Waals surface area contributed by atoms with Crippen molar-refractivity contribution in [3.63, 3.8) is 0 Å². The minimum absolute atomic E-state index is 0.532. The van der Waals surface area contributed by atoms with Gasteiger partial charge < -0.3 is 14.5 Å². The number of aromatic nitrogens is 2. The molecular formula is C27H24Cl2N4O. The number of rotatable bonds is 5. The molecule has 0 saturated carbocycles. The largest absolute Gasteiger partial charge is 0.494 e. The van der Waals surface area contributed by atoms with Gasteiger partial charge in [0, 0.05) is 28.2 Å². The van der Waals surface area contributed by atoms with Crippen molar-refractivity contribution in [2.75, 3.05) is 23.1 Å². The van der Waals surface area contributed by atoms with E-state index in [1.165, 1.54) is 0 Å². The molecule has 0 unspecified atom stereocenters. The third kappa shape index (κ3) is 4.41. The second kappa shape index (κ2) is 9.53. The first-order valence-electron chi connectivity index (χ1n) is 11.2. The molecule has 1 aliphatic rings. The van der Waals surface area contributed by atoms with Gasteiger partial charge in [-0.2, -0.15) is 0 Å². The standard InChI is InChI=1S/C27H24Cl2N4O/c1-3-34-22-12-9-20(10-13-22)33-17-32(21-11-14-24(28)25(29)15-21)16-23-18(2)30-26(31-27(23)33)19-7-5-4-6-8-19/h4-15H,3,16-17H2,1-2H3. The highest BCUT2D eigenvalue weighted by Crippen LogP contribution is 2.38. The van der Waals surface area contributed by atoms with Crippen molar-refractivity contribution in [1.29, 1.82) is 0 Å². The number of halogens is 2. The highest BCUT2D eigenvalue weighted by molar-refractivity contribution is 6.42. The molecule has 34 heavy (non-hydrogen) atoms. The van der Waals surface area contributed by atoms with Crippen LogP contribution in [0.3, 0.4) is 0 Å². The fraction of sp³-hybridized carbons (Fsp3) is 0.185. The summed E-state index contributed by atoms with van der Waals surface area (Å²) < 4.78 is 5.65. The van der Waals surface area contributed by atoms with Gasteiger partial charge >= 0.3 is 0 Å². The van der Waals surface area contributed by atoms with Gasteiger partial charge in [0.15, 0.2) is 5.82 Å². The number of aryl methyl sites for hydroxylation is 1. The summed E-state index contributed by atoms with van der Waals surface area (Å²) in [5.74, 6) is 2.47. The van der Waals surface area contributed by atoms with Gasteiger partial charge in [-0.1, -0.05) is 53.5 Å². The summed E-state index contributed by atoms with van der Waals surface area (Å²) in [6.07, 6.45) is 0. The lowest BCUT2D eigenvalue weighted by molar-refractivity contribution is 0.340. The first kappa shape index (κ1) is 22.5. The van der Waals surface area contributed by atoms with Crippen molar-refractivity contribution in [2.24, 2.45) is 0 Å². The molecule has 0 N–H and O–H groups in total. The summed E-state index contributed by atoms with van der Waals surface area (Å²) in [5, 5.41) is 1.07. The van der Waals surface area contributed by atoms with Crippen LogP contribution in [-0.4, -0.2) is 23.2 Å². The molecular weight excluding hydrogens is 467 g/mol. The Kier molecular flexibility index (Phi) is 6.31. The average Bonchev–Trinajstić information content (AvgIpc) is 2.86. The third-order valence-corrected chi connectivity index (χ3v) is 6.61. The molecule has 0 atom stereocenters. The number of nitrogens with zero attached hydrogens (tertiary/aromatic N) is 4. The monoisotopic (exact) mass is 490 g/mol. The van der Waals surface area contributed by atoms with Gasteiger partial charge in [0.1, 0.15) is 11.6 Å². The van der Waals surface area contributed by atoms with Crippen LogP contribution in [0.15, 0.2) is 72.8 Å². The summed E-state index contributed by atoms with van der Waals surface area (Å²) in [6, 6.07) is 23.9. The van der Waals surface area contributed by atoms with Crippen LogP contribution in [0.25, 0.3) is 11.4 Å². The molecule has 0 fully saturated rings. The molecule has 0 saturated heterocycles. The highest BCUT2D eigenvalue weighted by atomic mass is 35.5. The van der Waals surface area contributed by atoms with E-state index in [2.05, 4.69) is 21.9 Å². The van der Waals surface area contributed by atoms with Gasteiger partial charge in [-0.3, -0.25) is 0 Å². The van der Waals surface area contributed by atoms with E-state index >= 15 is 0 Å². The lowest BCUT2D eigenvalue weighted by Gasteiger charge is -2.39. The molecule has 0 radical (unpaired) electrons. The molecule has 3 aromatic carbocycles. The second-order valence-electron chi connectivity index (χ2n) is 8.09. The van der Waals surface area contributed by atoms with Crippen LogP contribution in [0.2, 0.25) is 10.0 Å². The Balaban J connectivity index is 1.61. The van der Waals surface area contributed by atoms with E-state index in [0.29, 0.717) is 29.9 Å². The van der Waals surface area contributed by atoms with Crippen molar-refractivity contribution in [2.45, 2.75) is 20.4 Å². The number of ether oxygens (including phenoxy) is 1. The summed E-state index contributed by atoms with van der Waals surface area (Å²) in [5.41, 5.74) is 5.02. The predicted octanol–water partition coefficient (Wildman–Crippen LogP) is 7.27. The molecule has 2 heterocycles. The number of benzene rings is 3. The summed E-state index contributed by atoms with van der Waals surface area (Å²) in [4.78, 5) is 14.3. The Morgan fingerprint density at radius 2 is 1.62 bits per heavy atom. The Hall–Kier alpha value is -3.28. The number of hydrogen-bond donors (Lipinski definition) is 0. The molecule has 172 valence electrons. The first-order valence-corrected chi connectivity index (χ1v) is 11.9. The molecule has 7 heteroatoms. The summed E-state index contributed by atoms with van der Waals surface area (Å²) >= 11 is 12.5. The zero-order chi connectivity index (χ0) is 23.7. The van der Waals surface area contributed by atoms with Crippen LogP contribution in [0.1, 0.15) is 18.2 Å². The number of anilines is 3. The van der Waals surface area contributed by atoms with Gasteiger partial charge in [-0.15, -0.1) is 0 Å². The van der Waals surface area contributed by atoms with E-state index in [1.807, 2.05) is 74.5 Å². The van der Waals surface area contributed by atoms with Crippen molar-refractivity contribution in [3.8, 4) is 17.1 Å².